The van der Waals surface area contributed by atoms with Crippen molar-refractivity contribution in [3.63, 3.8) is 0 Å². The minimum absolute atomic E-state index is 0.0395. The standard InChI is InChI=1S/C20H34O6/c1-2-3-4-5-6-7-9-15(21)12-13-16(22)19-14-17(23)18(26-19)10-8-11-20(24)25/h6-7,12-13,15-19,21-23H,2-5,8-11,14H2,1H3,(H,24,25)/b7-6-,13-12-/t15-,16+,17+,18+,19+/m0/s1. The molecule has 0 aromatic heterocycles. The Hall–Kier alpha value is -1.21. The lowest BCUT2D eigenvalue weighted by Gasteiger charge is -2.17. The van der Waals surface area contributed by atoms with Crippen LogP contribution in [0, 0.1) is 0 Å². The Bertz CT molecular complexity index is 448. The first-order valence-corrected chi connectivity index (χ1v) is 9.68. The average molecular weight is 370 g/mol. The summed E-state index contributed by atoms with van der Waals surface area (Å²) in [7, 11) is 0. The van der Waals surface area contributed by atoms with E-state index in [0.29, 0.717) is 25.7 Å². The van der Waals surface area contributed by atoms with E-state index in [4.69, 9.17) is 9.84 Å². The predicted molar refractivity (Wildman–Crippen MR) is 99.8 cm³/mol. The molecule has 0 amide bonds. The van der Waals surface area contributed by atoms with Crippen LogP contribution in [0.5, 0.6) is 0 Å². The molecule has 150 valence electrons. The lowest BCUT2D eigenvalue weighted by Crippen LogP contribution is -2.25. The molecule has 0 saturated carbocycles. The number of hydrogen-bond acceptors (Lipinski definition) is 5. The van der Waals surface area contributed by atoms with E-state index in [2.05, 4.69) is 13.0 Å². The van der Waals surface area contributed by atoms with E-state index in [0.717, 1.165) is 12.8 Å². The Kier molecular flexibility index (Phi) is 11.4. The summed E-state index contributed by atoms with van der Waals surface area (Å²) < 4.78 is 5.65. The minimum atomic E-state index is -0.905. The van der Waals surface area contributed by atoms with E-state index < -0.39 is 36.5 Å². The fourth-order valence-corrected chi connectivity index (χ4v) is 3.01. The highest BCUT2D eigenvalue weighted by Gasteiger charge is 2.36. The van der Waals surface area contributed by atoms with Gasteiger partial charge in [-0.1, -0.05) is 44.1 Å². The molecule has 1 fully saturated rings. The summed E-state index contributed by atoms with van der Waals surface area (Å²) in [6.45, 7) is 2.16. The van der Waals surface area contributed by atoms with Crippen molar-refractivity contribution in [1.82, 2.24) is 0 Å². The molecule has 1 rings (SSSR count). The number of aliphatic hydroxyl groups is 3. The highest BCUT2D eigenvalue weighted by molar-refractivity contribution is 5.66. The highest BCUT2D eigenvalue weighted by Crippen LogP contribution is 2.27. The van der Waals surface area contributed by atoms with Crippen LogP contribution < -0.4 is 0 Å². The summed E-state index contributed by atoms with van der Waals surface area (Å²) in [5.41, 5.74) is 0. The molecule has 1 aliphatic heterocycles. The lowest BCUT2D eigenvalue weighted by atomic mass is 10.0. The summed E-state index contributed by atoms with van der Waals surface area (Å²) in [5.74, 6) is -0.870. The second-order valence-corrected chi connectivity index (χ2v) is 6.95. The van der Waals surface area contributed by atoms with Gasteiger partial charge < -0.3 is 25.2 Å². The maximum Gasteiger partial charge on any atom is 0.303 e. The molecule has 0 spiro atoms. The van der Waals surface area contributed by atoms with Gasteiger partial charge in [0.1, 0.15) is 0 Å². The zero-order valence-corrected chi connectivity index (χ0v) is 15.7. The molecular weight excluding hydrogens is 336 g/mol. The van der Waals surface area contributed by atoms with Gasteiger partial charge in [-0.05, 0) is 32.1 Å². The van der Waals surface area contributed by atoms with Crippen LogP contribution in [-0.2, 0) is 9.53 Å². The van der Waals surface area contributed by atoms with Crippen molar-refractivity contribution in [1.29, 1.82) is 0 Å². The molecule has 6 nitrogen and oxygen atoms in total. The van der Waals surface area contributed by atoms with Crippen molar-refractivity contribution in [2.75, 3.05) is 0 Å². The number of carboxylic acid groups (broad SMARTS) is 1. The molecule has 0 unspecified atom stereocenters. The number of aliphatic hydroxyl groups excluding tert-OH is 3. The van der Waals surface area contributed by atoms with Crippen LogP contribution in [0.3, 0.4) is 0 Å². The van der Waals surface area contributed by atoms with Crippen molar-refractivity contribution < 1.29 is 30.0 Å². The quantitative estimate of drug-likeness (QED) is 0.293. The highest BCUT2D eigenvalue weighted by atomic mass is 16.5. The first-order valence-electron chi connectivity index (χ1n) is 9.68. The van der Waals surface area contributed by atoms with Crippen molar-refractivity contribution in [3.05, 3.63) is 24.3 Å². The fourth-order valence-electron chi connectivity index (χ4n) is 3.01. The van der Waals surface area contributed by atoms with Gasteiger partial charge in [0, 0.05) is 12.8 Å². The fraction of sp³-hybridized carbons (Fsp3) is 0.750. The third-order valence-corrected chi connectivity index (χ3v) is 4.56. The van der Waals surface area contributed by atoms with E-state index in [1.54, 1.807) is 6.08 Å². The third kappa shape index (κ3) is 9.48. The molecule has 26 heavy (non-hydrogen) atoms. The van der Waals surface area contributed by atoms with E-state index in [1.165, 1.54) is 18.9 Å². The number of unbranched alkanes of at least 4 members (excludes halogenated alkanes) is 3. The Balaban J connectivity index is 2.29. The number of allylic oxidation sites excluding steroid dienone is 1. The van der Waals surface area contributed by atoms with Crippen molar-refractivity contribution in [2.24, 2.45) is 0 Å². The molecule has 6 heteroatoms. The average Bonchev–Trinajstić information content (AvgIpc) is 2.96. The number of rotatable bonds is 13. The van der Waals surface area contributed by atoms with E-state index >= 15 is 0 Å². The molecule has 0 aromatic carbocycles. The SMILES string of the molecule is CCCCC/C=C\C[C@H](O)/C=C\[C@@H](O)[C@H]1C[C@@H](O)[C@@H](CCCC(=O)O)O1. The first kappa shape index (κ1) is 22.8. The van der Waals surface area contributed by atoms with Gasteiger partial charge in [0.2, 0.25) is 0 Å². The molecule has 5 atom stereocenters. The number of carbonyl (C=O) groups is 1. The number of carboxylic acids is 1. The molecule has 1 saturated heterocycles. The Morgan fingerprint density at radius 1 is 1.19 bits per heavy atom. The lowest BCUT2D eigenvalue weighted by molar-refractivity contribution is -0.137. The number of aliphatic carboxylic acids is 1. The van der Waals surface area contributed by atoms with Gasteiger partial charge in [0.25, 0.3) is 0 Å². The van der Waals surface area contributed by atoms with Crippen molar-refractivity contribution in [2.45, 2.75) is 95.2 Å². The summed E-state index contributed by atoms with van der Waals surface area (Å²) in [4.78, 5) is 10.5. The molecule has 0 aromatic rings. The zero-order valence-electron chi connectivity index (χ0n) is 15.7. The number of ether oxygens (including phenoxy) is 1. The predicted octanol–water partition coefficient (Wildman–Crippen LogP) is 2.56. The third-order valence-electron chi connectivity index (χ3n) is 4.56. The second-order valence-electron chi connectivity index (χ2n) is 6.95. The van der Waals surface area contributed by atoms with Gasteiger partial charge >= 0.3 is 5.97 Å². The Morgan fingerprint density at radius 2 is 1.96 bits per heavy atom. The Morgan fingerprint density at radius 3 is 2.65 bits per heavy atom. The maximum absolute atomic E-state index is 10.5. The molecule has 1 heterocycles. The van der Waals surface area contributed by atoms with Crippen LogP contribution in [0.25, 0.3) is 0 Å². The molecule has 1 aliphatic rings. The van der Waals surface area contributed by atoms with E-state index in [-0.39, 0.29) is 6.42 Å². The molecule has 0 bridgehead atoms. The largest absolute Gasteiger partial charge is 0.481 e. The normalized spacial score (nSPS) is 25.9. The van der Waals surface area contributed by atoms with Crippen LogP contribution in [0.4, 0.5) is 0 Å². The minimum Gasteiger partial charge on any atom is -0.481 e. The van der Waals surface area contributed by atoms with Gasteiger partial charge in [-0.2, -0.15) is 0 Å². The van der Waals surface area contributed by atoms with Crippen molar-refractivity contribution >= 4 is 5.97 Å². The topological polar surface area (TPSA) is 107 Å². The van der Waals surface area contributed by atoms with Gasteiger partial charge in [-0.15, -0.1) is 0 Å². The molecule has 0 aliphatic carbocycles. The van der Waals surface area contributed by atoms with E-state index in [9.17, 15) is 20.1 Å². The van der Waals surface area contributed by atoms with Gasteiger partial charge in [0.15, 0.2) is 0 Å². The van der Waals surface area contributed by atoms with Gasteiger partial charge in [-0.25, -0.2) is 0 Å². The van der Waals surface area contributed by atoms with Crippen LogP contribution in [0.1, 0.15) is 64.7 Å². The molecule has 0 radical (unpaired) electrons. The summed E-state index contributed by atoms with van der Waals surface area (Å²) in [5, 5.41) is 38.7. The maximum atomic E-state index is 10.5. The molecule has 4 N–H and O–H groups in total. The Labute approximate surface area is 156 Å². The van der Waals surface area contributed by atoms with Crippen molar-refractivity contribution in [3.8, 4) is 0 Å². The van der Waals surface area contributed by atoms with E-state index in [1.807, 2.05) is 6.08 Å². The van der Waals surface area contributed by atoms with Crippen LogP contribution >= 0.6 is 0 Å². The van der Waals surface area contributed by atoms with Crippen LogP contribution in [0.15, 0.2) is 24.3 Å². The summed E-state index contributed by atoms with van der Waals surface area (Å²) in [6, 6.07) is 0. The monoisotopic (exact) mass is 370 g/mol. The zero-order chi connectivity index (χ0) is 19.4. The second kappa shape index (κ2) is 13.0. The van der Waals surface area contributed by atoms with Gasteiger partial charge in [-0.3, -0.25) is 4.79 Å². The summed E-state index contributed by atoms with van der Waals surface area (Å²) >= 11 is 0. The summed E-state index contributed by atoms with van der Waals surface area (Å²) in [6.07, 6.45) is 10.1. The van der Waals surface area contributed by atoms with Crippen LogP contribution in [-0.4, -0.2) is 56.9 Å². The number of hydrogen-bond donors (Lipinski definition) is 4. The molecular formula is C20H34O6. The van der Waals surface area contributed by atoms with Crippen LogP contribution in [0.2, 0.25) is 0 Å². The smallest absolute Gasteiger partial charge is 0.303 e. The van der Waals surface area contributed by atoms with Gasteiger partial charge in [0.05, 0.1) is 30.5 Å². The first-order chi connectivity index (χ1) is 12.4.